The number of ether oxygens (including phenoxy) is 1. The van der Waals surface area contributed by atoms with E-state index in [1.807, 2.05) is 61.5 Å². The van der Waals surface area contributed by atoms with Crippen molar-refractivity contribution in [2.75, 3.05) is 18.1 Å². The number of nitrogens with two attached hydrogens (primary N) is 2. The third kappa shape index (κ3) is 4.81. The Morgan fingerprint density at radius 1 is 1.07 bits per heavy atom. The van der Waals surface area contributed by atoms with Crippen LogP contribution in [0.15, 0.2) is 64.2 Å². The van der Waals surface area contributed by atoms with Crippen LogP contribution in [-0.2, 0) is 11.3 Å². The van der Waals surface area contributed by atoms with E-state index in [0.29, 0.717) is 40.5 Å². The first-order valence-corrected chi connectivity index (χ1v) is 10.5. The van der Waals surface area contributed by atoms with E-state index in [-0.39, 0.29) is 5.95 Å². The lowest BCUT2D eigenvalue weighted by molar-refractivity contribution is 0.142. The van der Waals surface area contributed by atoms with Gasteiger partial charge in [0.1, 0.15) is 0 Å². The highest BCUT2D eigenvalue weighted by molar-refractivity contribution is 7.99. The second-order valence-corrected chi connectivity index (χ2v) is 8.33. The number of nitrogen functional groups attached to an aromatic ring is 2. The normalized spacial score (nSPS) is 16.5. The first-order chi connectivity index (χ1) is 14.5. The fourth-order valence-corrected chi connectivity index (χ4v) is 4.20. The zero-order valence-electron chi connectivity index (χ0n) is 16.3. The zero-order chi connectivity index (χ0) is 21.1. The van der Waals surface area contributed by atoms with Crippen LogP contribution < -0.4 is 11.5 Å². The number of hydrogen-bond acceptors (Lipinski definition) is 7. The standard InChI is InChI=1S/C22H20ClN5OS/c1-13-4-2-5-15-8-14(12-29-11-13)9-18(23)19(15)20-26-21(25)28-22(27-20)30-17-7-3-6-16(24)10-17/h2-10H,11-12,24H2,1H3,(H2,25,26,27,28)/b5-2-,13-4+. The molecule has 0 unspecified atom stereocenters. The van der Waals surface area contributed by atoms with Crippen LogP contribution in [0.25, 0.3) is 17.5 Å². The van der Waals surface area contributed by atoms with Crippen molar-refractivity contribution in [1.82, 2.24) is 15.0 Å². The van der Waals surface area contributed by atoms with Crippen LogP contribution in [0.4, 0.5) is 11.6 Å². The molecule has 0 aliphatic carbocycles. The molecule has 4 N–H and O–H groups in total. The quantitative estimate of drug-likeness (QED) is 0.556. The molecule has 30 heavy (non-hydrogen) atoms. The van der Waals surface area contributed by atoms with Gasteiger partial charge < -0.3 is 16.2 Å². The van der Waals surface area contributed by atoms with Gasteiger partial charge in [-0.05, 0) is 65.7 Å². The molecule has 0 saturated heterocycles. The van der Waals surface area contributed by atoms with Gasteiger partial charge in [0.05, 0.1) is 18.2 Å². The van der Waals surface area contributed by atoms with Crippen molar-refractivity contribution in [3.63, 3.8) is 0 Å². The molecular formula is C22H20ClN5OS. The molecule has 2 bridgehead atoms. The second-order valence-electron chi connectivity index (χ2n) is 6.88. The zero-order valence-corrected chi connectivity index (χ0v) is 17.9. The van der Waals surface area contributed by atoms with Crippen molar-refractivity contribution >= 4 is 41.1 Å². The second kappa shape index (κ2) is 8.87. The van der Waals surface area contributed by atoms with E-state index < -0.39 is 0 Å². The van der Waals surface area contributed by atoms with Crippen molar-refractivity contribution in [2.24, 2.45) is 0 Å². The smallest absolute Gasteiger partial charge is 0.224 e. The number of benzene rings is 2. The molecule has 0 atom stereocenters. The summed E-state index contributed by atoms with van der Waals surface area (Å²) in [5.41, 5.74) is 16.2. The van der Waals surface area contributed by atoms with Crippen molar-refractivity contribution in [3.05, 3.63) is 70.3 Å². The van der Waals surface area contributed by atoms with E-state index in [1.54, 1.807) is 0 Å². The summed E-state index contributed by atoms with van der Waals surface area (Å²) in [6.45, 7) is 3.08. The van der Waals surface area contributed by atoms with Crippen LogP contribution in [0.3, 0.4) is 0 Å². The van der Waals surface area contributed by atoms with Crippen LogP contribution in [0.5, 0.6) is 0 Å². The lowest BCUT2D eigenvalue weighted by atomic mass is 10.0. The first-order valence-electron chi connectivity index (χ1n) is 9.27. The summed E-state index contributed by atoms with van der Waals surface area (Å²) in [5.74, 6) is 0.547. The van der Waals surface area contributed by atoms with E-state index in [2.05, 4.69) is 15.0 Å². The molecule has 1 aliphatic rings. The minimum atomic E-state index is 0.127. The van der Waals surface area contributed by atoms with Gasteiger partial charge in [-0.2, -0.15) is 9.97 Å². The molecule has 2 heterocycles. The monoisotopic (exact) mass is 437 g/mol. The maximum atomic E-state index is 6.65. The SMILES string of the molecule is C/C1=C\C=C/c2cc(cc(Cl)c2-c2nc(N)nc(Sc3cccc(N)c3)n2)COC1. The summed E-state index contributed by atoms with van der Waals surface area (Å²) >= 11 is 8.01. The van der Waals surface area contributed by atoms with Crippen LogP contribution in [0.1, 0.15) is 18.1 Å². The Labute approximate surface area is 184 Å². The Morgan fingerprint density at radius 3 is 2.77 bits per heavy atom. The highest BCUT2D eigenvalue weighted by atomic mass is 35.5. The molecule has 0 amide bonds. The number of rotatable bonds is 3. The van der Waals surface area contributed by atoms with Crippen molar-refractivity contribution < 1.29 is 4.74 Å². The molecule has 0 radical (unpaired) electrons. The lowest BCUT2D eigenvalue weighted by Gasteiger charge is -2.13. The molecule has 0 spiro atoms. The number of hydrogen-bond donors (Lipinski definition) is 2. The Morgan fingerprint density at radius 2 is 1.93 bits per heavy atom. The minimum Gasteiger partial charge on any atom is -0.399 e. The first kappa shape index (κ1) is 20.4. The Hall–Kier alpha value is -2.87. The van der Waals surface area contributed by atoms with E-state index in [0.717, 1.165) is 21.6 Å². The van der Waals surface area contributed by atoms with Crippen LogP contribution in [0.2, 0.25) is 5.02 Å². The Kier molecular flexibility index (Phi) is 6.03. The van der Waals surface area contributed by atoms with Crippen molar-refractivity contribution in [1.29, 1.82) is 0 Å². The molecule has 152 valence electrons. The lowest BCUT2D eigenvalue weighted by Crippen LogP contribution is -2.04. The van der Waals surface area contributed by atoms with Gasteiger partial charge in [0.15, 0.2) is 11.0 Å². The molecule has 1 aromatic heterocycles. The van der Waals surface area contributed by atoms with Gasteiger partial charge in [-0.25, -0.2) is 4.98 Å². The highest BCUT2D eigenvalue weighted by Gasteiger charge is 2.16. The Bertz CT molecular complexity index is 1160. The summed E-state index contributed by atoms with van der Waals surface area (Å²) in [6.07, 6.45) is 5.97. The molecule has 6 nitrogen and oxygen atoms in total. The van der Waals surface area contributed by atoms with Gasteiger partial charge in [-0.1, -0.05) is 35.9 Å². The number of fused-ring (bicyclic) bond motifs is 2. The number of aromatic nitrogens is 3. The average Bonchev–Trinajstić information content (AvgIpc) is 2.67. The predicted octanol–water partition coefficient (Wildman–Crippen LogP) is 5.00. The van der Waals surface area contributed by atoms with Gasteiger partial charge in [0, 0.05) is 16.1 Å². The number of halogens is 1. The molecule has 1 aliphatic heterocycles. The summed E-state index contributed by atoms with van der Waals surface area (Å²) < 4.78 is 5.74. The summed E-state index contributed by atoms with van der Waals surface area (Å²) in [5, 5.41) is 1.00. The highest BCUT2D eigenvalue weighted by Crippen LogP contribution is 2.34. The van der Waals surface area contributed by atoms with Gasteiger partial charge in [0.2, 0.25) is 5.95 Å². The summed E-state index contributed by atoms with van der Waals surface area (Å²) in [4.78, 5) is 14.1. The molecule has 2 aromatic carbocycles. The molecule has 0 fully saturated rings. The topological polar surface area (TPSA) is 99.9 Å². The number of nitrogens with zero attached hydrogens (tertiary/aromatic N) is 3. The van der Waals surface area contributed by atoms with Gasteiger partial charge in [0.25, 0.3) is 0 Å². The fraction of sp³-hybridized carbons (Fsp3) is 0.136. The van der Waals surface area contributed by atoms with E-state index >= 15 is 0 Å². The fourth-order valence-electron chi connectivity index (χ4n) is 3.04. The maximum absolute atomic E-state index is 6.65. The largest absolute Gasteiger partial charge is 0.399 e. The average molecular weight is 438 g/mol. The van der Waals surface area contributed by atoms with E-state index in [9.17, 15) is 0 Å². The van der Waals surface area contributed by atoms with Crippen LogP contribution in [-0.4, -0.2) is 21.6 Å². The van der Waals surface area contributed by atoms with Crippen LogP contribution >= 0.6 is 23.4 Å². The minimum absolute atomic E-state index is 0.127. The third-order valence-corrected chi connectivity index (χ3v) is 5.51. The molecule has 4 rings (SSSR count). The van der Waals surface area contributed by atoms with Gasteiger partial charge in [-0.15, -0.1) is 0 Å². The Balaban J connectivity index is 1.78. The van der Waals surface area contributed by atoms with Crippen molar-refractivity contribution in [3.8, 4) is 11.4 Å². The molecule has 0 saturated carbocycles. The predicted molar refractivity (Wildman–Crippen MR) is 122 cm³/mol. The van der Waals surface area contributed by atoms with Gasteiger partial charge >= 0.3 is 0 Å². The van der Waals surface area contributed by atoms with Crippen LogP contribution in [0, 0.1) is 0 Å². The number of allylic oxidation sites excluding steroid dienone is 2. The van der Waals surface area contributed by atoms with E-state index in [1.165, 1.54) is 11.8 Å². The number of anilines is 2. The van der Waals surface area contributed by atoms with Crippen molar-refractivity contribution in [2.45, 2.75) is 23.6 Å². The molecule has 8 heteroatoms. The third-order valence-electron chi connectivity index (χ3n) is 4.36. The summed E-state index contributed by atoms with van der Waals surface area (Å²) in [7, 11) is 0. The maximum Gasteiger partial charge on any atom is 0.224 e. The van der Waals surface area contributed by atoms with Gasteiger partial charge in [-0.3, -0.25) is 0 Å². The summed E-state index contributed by atoms with van der Waals surface area (Å²) in [6, 6.07) is 11.4. The molecular weight excluding hydrogens is 418 g/mol. The molecule has 3 aromatic rings. The van der Waals surface area contributed by atoms with E-state index in [4.69, 9.17) is 27.8 Å².